The van der Waals surface area contributed by atoms with Crippen LogP contribution in [0.1, 0.15) is 39.5 Å². The van der Waals surface area contributed by atoms with Crippen LogP contribution in [0.15, 0.2) is 0 Å². The molecule has 12 heavy (non-hydrogen) atoms. The first kappa shape index (κ1) is 11.9. The SMILES string of the molecule is CCCCCC(C)OS(N)(=O)=O. The molecule has 0 heterocycles. The molecule has 0 aliphatic rings. The molecule has 0 bridgehead atoms. The van der Waals surface area contributed by atoms with Crippen LogP contribution < -0.4 is 5.14 Å². The lowest BCUT2D eigenvalue weighted by atomic mass is 10.1. The Morgan fingerprint density at radius 1 is 1.42 bits per heavy atom. The Labute approximate surface area is 74.4 Å². The maximum Gasteiger partial charge on any atom is 0.333 e. The van der Waals surface area contributed by atoms with E-state index in [0.29, 0.717) is 0 Å². The Bertz CT molecular complexity index is 201. The third-order valence-corrected chi connectivity index (χ3v) is 2.11. The highest BCUT2D eigenvalue weighted by atomic mass is 32.2. The zero-order chi connectivity index (χ0) is 9.61. The Hall–Kier alpha value is -0.130. The van der Waals surface area contributed by atoms with Crippen LogP contribution in [0.25, 0.3) is 0 Å². The van der Waals surface area contributed by atoms with Gasteiger partial charge in [0.2, 0.25) is 0 Å². The van der Waals surface area contributed by atoms with E-state index in [0.717, 1.165) is 25.7 Å². The average Bonchev–Trinajstić information content (AvgIpc) is 1.84. The van der Waals surface area contributed by atoms with E-state index in [2.05, 4.69) is 11.1 Å². The molecule has 0 aromatic rings. The van der Waals surface area contributed by atoms with Crippen LogP contribution in [0, 0.1) is 0 Å². The molecule has 0 amide bonds. The van der Waals surface area contributed by atoms with E-state index in [1.165, 1.54) is 0 Å². The molecule has 1 atom stereocenters. The van der Waals surface area contributed by atoms with Crippen LogP contribution in [0.5, 0.6) is 0 Å². The van der Waals surface area contributed by atoms with Crippen LogP contribution in [0.4, 0.5) is 0 Å². The van der Waals surface area contributed by atoms with Crippen molar-refractivity contribution in [3.63, 3.8) is 0 Å². The van der Waals surface area contributed by atoms with E-state index in [1.54, 1.807) is 6.92 Å². The quantitative estimate of drug-likeness (QED) is 0.647. The highest BCUT2D eigenvalue weighted by Gasteiger charge is 2.09. The first-order valence-corrected chi connectivity index (χ1v) is 5.64. The molecule has 2 N–H and O–H groups in total. The van der Waals surface area contributed by atoms with Gasteiger partial charge in [-0.25, -0.2) is 5.14 Å². The molecule has 1 unspecified atom stereocenters. The molecule has 0 fully saturated rings. The summed E-state index contributed by atoms with van der Waals surface area (Å²) in [5, 5.41) is 4.69. The average molecular weight is 195 g/mol. The standard InChI is InChI=1S/C7H17NO3S/c1-3-4-5-6-7(2)11-12(8,9)10/h7H,3-6H2,1-2H3,(H2,8,9,10). The first-order chi connectivity index (χ1) is 5.45. The number of nitrogens with two attached hydrogens (primary N) is 1. The third kappa shape index (κ3) is 7.97. The fourth-order valence-corrected chi connectivity index (χ4v) is 1.51. The maximum atomic E-state index is 10.4. The molecule has 0 radical (unpaired) electrons. The lowest BCUT2D eigenvalue weighted by molar-refractivity contribution is 0.214. The Balaban J connectivity index is 3.53. The van der Waals surface area contributed by atoms with Gasteiger partial charge in [-0.3, -0.25) is 4.18 Å². The van der Waals surface area contributed by atoms with Crippen molar-refractivity contribution in [3.8, 4) is 0 Å². The lowest BCUT2D eigenvalue weighted by Gasteiger charge is -2.09. The molecule has 4 nitrogen and oxygen atoms in total. The Kier molecular flexibility index (Phi) is 5.44. The van der Waals surface area contributed by atoms with E-state index < -0.39 is 10.3 Å². The summed E-state index contributed by atoms with van der Waals surface area (Å²) in [7, 11) is -3.76. The van der Waals surface area contributed by atoms with Gasteiger partial charge in [0.25, 0.3) is 0 Å². The first-order valence-electron chi connectivity index (χ1n) is 4.16. The number of unbranched alkanes of at least 4 members (excludes halogenated alkanes) is 2. The molecular formula is C7H17NO3S. The molecule has 74 valence electrons. The third-order valence-electron chi connectivity index (χ3n) is 1.51. The summed E-state index contributed by atoms with van der Waals surface area (Å²) < 4.78 is 25.4. The largest absolute Gasteiger partial charge is 0.333 e. The van der Waals surface area contributed by atoms with Gasteiger partial charge in [-0.2, -0.15) is 8.42 Å². The molecule has 0 spiro atoms. The van der Waals surface area contributed by atoms with E-state index in [4.69, 9.17) is 5.14 Å². The normalized spacial score (nSPS) is 14.6. The van der Waals surface area contributed by atoms with Crippen molar-refractivity contribution >= 4 is 10.3 Å². The van der Waals surface area contributed by atoms with E-state index in [9.17, 15) is 8.42 Å². The van der Waals surface area contributed by atoms with Crippen molar-refractivity contribution in [2.75, 3.05) is 0 Å². The zero-order valence-electron chi connectivity index (χ0n) is 7.62. The molecular weight excluding hydrogens is 178 g/mol. The topological polar surface area (TPSA) is 69.4 Å². The minimum absolute atomic E-state index is 0.299. The van der Waals surface area contributed by atoms with Gasteiger partial charge in [-0.15, -0.1) is 0 Å². The number of hydrogen-bond acceptors (Lipinski definition) is 3. The highest BCUT2D eigenvalue weighted by Crippen LogP contribution is 2.07. The smallest absolute Gasteiger partial charge is 0.255 e. The summed E-state index contributed by atoms with van der Waals surface area (Å²) in [5.41, 5.74) is 0. The fourth-order valence-electron chi connectivity index (χ4n) is 0.959. The number of rotatable bonds is 6. The summed E-state index contributed by atoms with van der Waals surface area (Å²) in [6, 6.07) is 0. The van der Waals surface area contributed by atoms with Crippen molar-refractivity contribution in [1.29, 1.82) is 0 Å². The summed E-state index contributed by atoms with van der Waals surface area (Å²) >= 11 is 0. The molecule has 0 aromatic heterocycles. The van der Waals surface area contributed by atoms with Crippen LogP contribution >= 0.6 is 0 Å². The molecule has 5 heteroatoms. The summed E-state index contributed by atoms with van der Waals surface area (Å²) in [6.45, 7) is 3.80. The van der Waals surface area contributed by atoms with Crippen molar-refractivity contribution in [3.05, 3.63) is 0 Å². The Morgan fingerprint density at radius 3 is 2.42 bits per heavy atom. The van der Waals surface area contributed by atoms with Gasteiger partial charge in [0, 0.05) is 0 Å². The molecule has 0 rings (SSSR count). The minimum atomic E-state index is -3.76. The van der Waals surface area contributed by atoms with Gasteiger partial charge in [0.15, 0.2) is 0 Å². The molecule has 0 aliphatic carbocycles. The second-order valence-electron chi connectivity index (χ2n) is 2.90. The lowest BCUT2D eigenvalue weighted by Crippen LogP contribution is -2.21. The zero-order valence-corrected chi connectivity index (χ0v) is 8.43. The summed E-state index contributed by atoms with van der Waals surface area (Å²) in [5.74, 6) is 0. The predicted octanol–water partition coefficient (Wildman–Crippen LogP) is 1.18. The molecule has 0 aromatic carbocycles. The van der Waals surface area contributed by atoms with Crippen LogP contribution in [-0.4, -0.2) is 14.5 Å². The summed E-state index contributed by atoms with van der Waals surface area (Å²) in [6.07, 6.45) is 3.63. The monoisotopic (exact) mass is 195 g/mol. The molecule has 0 aliphatic heterocycles. The Morgan fingerprint density at radius 2 is 2.00 bits per heavy atom. The second-order valence-corrected chi connectivity index (χ2v) is 4.07. The van der Waals surface area contributed by atoms with Gasteiger partial charge < -0.3 is 0 Å². The van der Waals surface area contributed by atoms with Crippen LogP contribution in [-0.2, 0) is 14.5 Å². The van der Waals surface area contributed by atoms with Crippen molar-refractivity contribution < 1.29 is 12.6 Å². The van der Waals surface area contributed by atoms with Crippen LogP contribution in [0.3, 0.4) is 0 Å². The van der Waals surface area contributed by atoms with Gasteiger partial charge >= 0.3 is 10.3 Å². The fraction of sp³-hybridized carbons (Fsp3) is 1.00. The minimum Gasteiger partial charge on any atom is -0.255 e. The maximum absolute atomic E-state index is 10.4. The van der Waals surface area contributed by atoms with Crippen molar-refractivity contribution in [1.82, 2.24) is 0 Å². The van der Waals surface area contributed by atoms with Crippen molar-refractivity contribution in [2.45, 2.75) is 45.6 Å². The molecule has 0 saturated heterocycles. The van der Waals surface area contributed by atoms with Gasteiger partial charge in [-0.05, 0) is 13.3 Å². The predicted molar refractivity (Wildman–Crippen MR) is 47.8 cm³/mol. The summed E-state index contributed by atoms with van der Waals surface area (Å²) in [4.78, 5) is 0. The second kappa shape index (κ2) is 5.50. The van der Waals surface area contributed by atoms with E-state index >= 15 is 0 Å². The number of hydrogen-bond donors (Lipinski definition) is 1. The van der Waals surface area contributed by atoms with Crippen molar-refractivity contribution in [2.24, 2.45) is 5.14 Å². The highest BCUT2D eigenvalue weighted by molar-refractivity contribution is 7.84. The van der Waals surface area contributed by atoms with E-state index in [1.807, 2.05) is 0 Å². The van der Waals surface area contributed by atoms with Gasteiger partial charge in [0.1, 0.15) is 0 Å². The van der Waals surface area contributed by atoms with Gasteiger partial charge in [-0.1, -0.05) is 26.2 Å². The van der Waals surface area contributed by atoms with Gasteiger partial charge in [0.05, 0.1) is 6.10 Å². The molecule has 0 saturated carbocycles. The van der Waals surface area contributed by atoms with Crippen LogP contribution in [0.2, 0.25) is 0 Å². The van der Waals surface area contributed by atoms with E-state index in [-0.39, 0.29) is 6.10 Å².